The van der Waals surface area contributed by atoms with Gasteiger partial charge in [-0.2, -0.15) is 4.98 Å². The molecule has 0 atom stereocenters. The van der Waals surface area contributed by atoms with E-state index in [2.05, 4.69) is 15.2 Å². The molecule has 0 bridgehead atoms. The van der Waals surface area contributed by atoms with E-state index in [1.807, 2.05) is 19.1 Å². The molecule has 2 aliphatic heterocycles. The molecule has 0 saturated carbocycles. The van der Waals surface area contributed by atoms with Gasteiger partial charge in [0.15, 0.2) is 11.5 Å². The first kappa shape index (κ1) is 26.3. The number of benzene rings is 2. The smallest absolute Gasteiger partial charge is 0.233 e. The Kier molecular flexibility index (Phi) is 8.35. The van der Waals surface area contributed by atoms with Crippen LogP contribution in [0.1, 0.15) is 19.8 Å². The predicted molar refractivity (Wildman–Crippen MR) is 141 cm³/mol. The zero-order valence-corrected chi connectivity index (χ0v) is 22.3. The quantitative estimate of drug-likeness (QED) is 0.358. The van der Waals surface area contributed by atoms with Crippen LogP contribution in [-0.4, -0.2) is 77.5 Å². The molecule has 1 N–H and O–H groups in total. The van der Waals surface area contributed by atoms with Crippen LogP contribution >= 0.6 is 0 Å². The topological polar surface area (TPSA) is 112 Å². The van der Waals surface area contributed by atoms with Crippen molar-refractivity contribution in [2.24, 2.45) is 0 Å². The van der Waals surface area contributed by atoms with Crippen LogP contribution in [0.25, 0.3) is 11.5 Å². The van der Waals surface area contributed by atoms with Gasteiger partial charge in [-0.05, 0) is 55.8 Å². The minimum absolute atomic E-state index is 0.0567. The fraction of sp³-hybridized carbons (Fsp3) is 0.444. The average Bonchev–Trinajstić information content (AvgIpc) is 3.40. The molecule has 204 valence electrons. The number of hydrogen-bond donors (Lipinski definition) is 1. The number of oxazole rings is 1. The number of fused-ring (bicyclic) bond motifs is 1. The lowest BCUT2D eigenvalue weighted by molar-refractivity contribution is 0.0378. The number of anilines is 1. The van der Waals surface area contributed by atoms with Gasteiger partial charge in [-0.15, -0.1) is 0 Å². The Morgan fingerprint density at radius 3 is 2.53 bits per heavy atom. The first-order chi connectivity index (χ1) is 18.5. The highest BCUT2D eigenvalue weighted by Gasteiger charge is 2.30. The second kappa shape index (κ2) is 12.1. The maximum Gasteiger partial charge on any atom is 0.233 e. The van der Waals surface area contributed by atoms with Gasteiger partial charge in [0.1, 0.15) is 19.0 Å². The van der Waals surface area contributed by atoms with Gasteiger partial charge in [-0.1, -0.05) is 6.92 Å². The number of ether oxygens (including phenoxy) is 4. The summed E-state index contributed by atoms with van der Waals surface area (Å²) >= 11 is 0. The molecule has 38 heavy (non-hydrogen) atoms. The fourth-order valence-electron chi connectivity index (χ4n) is 4.27. The third-order valence-corrected chi connectivity index (χ3v) is 7.95. The van der Waals surface area contributed by atoms with Gasteiger partial charge in [0.05, 0.1) is 24.7 Å². The van der Waals surface area contributed by atoms with Crippen LogP contribution in [0.2, 0.25) is 0 Å². The number of nitrogens with one attached hydrogen (secondary N) is 1. The molecule has 11 heteroatoms. The molecule has 5 rings (SSSR count). The summed E-state index contributed by atoms with van der Waals surface area (Å²) in [7, 11) is -4.02. The van der Waals surface area contributed by atoms with Crippen LogP contribution in [0.15, 0.2) is 56.8 Å². The van der Waals surface area contributed by atoms with Gasteiger partial charge < -0.3 is 28.7 Å². The van der Waals surface area contributed by atoms with E-state index in [0.717, 1.165) is 51.4 Å². The van der Waals surface area contributed by atoms with Gasteiger partial charge in [0.25, 0.3) is 0 Å². The molecule has 0 spiro atoms. The molecule has 1 aromatic heterocycles. The molecule has 3 aromatic rings. The lowest BCUT2D eigenvalue weighted by atomic mass is 10.2. The molecule has 0 aliphatic carbocycles. The van der Waals surface area contributed by atoms with Gasteiger partial charge in [-0.25, -0.2) is 8.42 Å². The number of rotatable bonds is 11. The number of hydrogen-bond acceptors (Lipinski definition) is 10. The lowest BCUT2D eigenvalue weighted by Crippen LogP contribution is -2.37. The lowest BCUT2D eigenvalue weighted by Gasteiger charge is -2.26. The first-order valence-corrected chi connectivity index (χ1v) is 14.5. The minimum atomic E-state index is -4.02. The van der Waals surface area contributed by atoms with Crippen molar-refractivity contribution in [1.82, 2.24) is 9.88 Å². The molecule has 0 unspecified atom stereocenters. The summed E-state index contributed by atoms with van der Waals surface area (Å²) in [5, 5.41) is 3.01. The summed E-state index contributed by atoms with van der Waals surface area (Å²) in [6.45, 7) is 8.11. The van der Waals surface area contributed by atoms with Crippen molar-refractivity contribution in [3.63, 3.8) is 0 Å². The number of aromatic nitrogens is 1. The van der Waals surface area contributed by atoms with Crippen LogP contribution in [0, 0.1) is 0 Å². The molecule has 10 nitrogen and oxygen atoms in total. The van der Waals surface area contributed by atoms with Crippen molar-refractivity contribution in [3.8, 4) is 28.7 Å². The van der Waals surface area contributed by atoms with E-state index in [1.54, 1.807) is 18.2 Å². The van der Waals surface area contributed by atoms with E-state index in [-0.39, 0.29) is 21.7 Å². The summed E-state index contributed by atoms with van der Waals surface area (Å²) in [6.07, 6.45) is 1.71. The van der Waals surface area contributed by atoms with Crippen molar-refractivity contribution < 1.29 is 31.8 Å². The molecule has 1 fully saturated rings. The Bertz CT molecular complexity index is 1320. The molecular weight excluding hydrogens is 510 g/mol. The molecule has 0 amide bonds. The van der Waals surface area contributed by atoms with Crippen molar-refractivity contribution in [3.05, 3.63) is 42.5 Å². The van der Waals surface area contributed by atoms with E-state index in [9.17, 15) is 8.42 Å². The van der Waals surface area contributed by atoms with Crippen molar-refractivity contribution >= 4 is 15.7 Å². The van der Waals surface area contributed by atoms with Crippen LogP contribution in [-0.2, 0) is 14.6 Å². The van der Waals surface area contributed by atoms with E-state index in [0.29, 0.717) is 43.4 Å². The molecule has 2 aliphatic rings. The van der Waals surface area contributed by atoms with Gasteiger partial charge >= 0.3 is 0 Å². The van der Waals surface area contributed by atoms with Crippen LogP contribution < -0.4 is 19.5 Å². The minimum Gasteiger partial charge on any atom is -0.494 e. The largest absolute Gasteiger partial charge is 0.494 e. The summed E-state index contributed by atoms with van der Waals surface area (Å²) in [6, 6.07) is 11.8. The van der Waals surface area contributed by atoms with Crippen LogP contribution in [0.3, 0.4) is 0 Å². The summed E-state index contributed by atoms with van der Waals surface area (Å²) in [4.78, 5) is 6.83. The SMILES string of the molecule is CCCOc1ccc(-c2nc(S(=O)(=O)c3ccc4c(c3)OCCO4)c(NCCCN3CCOCC3)o2)cc1. The molecular formula is C27H33N3O7S. The second-order valence-electron chi connectivity index (χ2n) is 9.07. The summed E-state index contributed by atoms with van der Waals surface area (Å²) in [5.74, 6) is 1.96. The second-order valence-corrected chi connectivity index (χ2v) is 10.9. The van der Waals surface area contributed by atoms with E-state index < -0.39 is 9.84 Å². The Morgan fingerprint density at radius 2 is 1.76 bits per heavy atom. The maximum atomic E-state index is 13.7. The fourth-order valence-corrected chi connectivity index (χ4v) is 5.56. The Hall–Kier alpha value is -3.28. The molecule has 1 saturated heterocycles. The highest BCUT2D eigenvalue weighted by atomic mass is 32.2. The zero-order chi connectivity index (χ0) is 26.4. The Labute approximate surface area is 222 Å². The third-order valence-electron chi connectivity index (χ3n) is 6.29. The van der Waals surface area contributed by atoms with E-state index in [4.69, 9.17) is 23.4 Å². The van der Waals surface area contributed by atoms with Crippen molar-refractivity contribution in [1.29, 1.82) is 0 Å². The number of sulfone groups is 1. The molecule has 0 radical (unpaired) electrons. The maximum absolute atomic E-state index is 13.7. The van der Waals surface area contributed by atoms with Gasteiger partial charge in [0, 0.05) is 31.3 Å². The highest BCUT2D eigenvalue weighted by molar-refractivity contribution is 7.91. The van der Waals surface area contributed by atoms with Gasteiger partial charge in [0.2, 0.25) is 26.6 Å². The molecule has 3 heterocycles. The molecule has 2 aromatic carbocycles. The van der Waals surface area contributed by atoms with E-state index >= 15 is 0 Å². The summed E-state index contributed by atoms with van der Waals surface area (Å²) < 4.78 is 55.7. The van der Waals surface area contributed by atoms with Crippen LogP contribution in [0.5, 0.6) is 17.2 Å². The summed E-state index contributed by atoms with van der Waals surface area (Å²) in [5.41, 5.74) is 0.647. The zero-order valence-electron chi connectivity index (χ0n) is 21.5. The first-order valence-electron chi connectivity index (χ1n) is 13.0. The van der Waals surface area contributed by atoms with Crippen molar-refractivity contribution in [2.75, 3.05) is 64.5 Å². The number of morpholine rings is 1. The monoisotopic (exact) mass is 543 g/mol. The van der Waals surface area contributed by atoms with E-state index in [1.165, 1.54) is 12.1 Å². The predicted octanol–water partition coefficient (Wildman–Crippen LogP) is 3.87. The average molecular weight is 544 g/mol. The van der Waals surface area contributed by atoms with Crippen molar-refractivity contribution in [2.45, 2.75) is 29.7 Å². The van der Waals surface area contributed by atoms with Gasteiger partial charge in [-0.3, -0.25) is 4.90 Å². The van der Waals surface area contributed by atoms with Crippen LogP contribution in [0.4, 0.5) is 5.88 Å². The third kappa shape index (κ3) is 6.06. The standard InChI is InChI=1S/C27H33N3O7S/c1-2-14-34-21-6-4-20(5-7-21)25-29-27(26(37-25)28-10-3-11-30-12-15-33-16-13-30)38(31,32)22-8-9-23-24(19-22)36-18-17-35-23/h4-9,19,28H,2-3,10-18H2,1H3. The Morgan fingerprint density at radius 1 is 1.00 bits per heavy atom. The number of nitrogens with zero attached hydrogens (tertiary/aromatic N) is 2. The Balaban J connectivity index is 1.40. The normalized spacial score (nSPS) is 15.8. The highest BCUT2D eigenvalue weighted by Crippen LogP contribution is 2.37.